The Kier molecular flexibility index (Phi) is 4.05. The average Bonchev–Trinajstić information content (AvgIpc) is 2.85. The fraction of sp³-hybridized carbons (Fsp3) is 0.529. The number of amides is 1. The summed E-state index contributed by atoms with van der Waals surface area (Å²) < 4.78 is 5.77. The van der Waals surface area contributed by atoms with Crippen LogP contribution in [0.4, 0.5) is 0 Å². The summed E-state index contributed by atoms with van der Waals surface area (Å²) in [5.74, 6) is -0.620. The van der Waals surface area contributed by atoms with Gasteiger partial charge in [-0.1, -0.05) is 6.92 Å². The van der Waals surface area contributed by atoms with E-state index in [0.717, 1.165) is 18.6 Å². The number of nitrogens with zero attached hydrogens (tertiary/aromatic N) is 1. The van der Waals surface area contributed by atoms with E-state index in [1.165, 1.54) is 6.42 Å². The van der Waals surface area contributed by atoms with Crippen molar-refractivity contribution in [3.05, 3.63) is 29.8 Å². The zero-order valence-electron chi connectivity index (χ0n) is 12.7. The Bertz CT molecular complexity index is 565. The topological polar surface area (TPSA) is 66.8 Å². The van der Waals surface area contributed by atoms with E-state index >= 15 is 0 Å². The van der Waals surface area contributed by atoms with E-state index in [1.54, 1.807) is 17.0 Å². The maximum absolute atomic E-state index is 12.5. The molecular formula is C17H21NO4. The number of rotatable bonds is 4. The Hall–Kier alpha value is -2.04. The smallest absolute Gasteiger partial charge is 0.308 e. The normalized spacial score (nSPS) is 24.9. The first-order chi connectivity index (χ1) is 10.5. The van der Waals surface area contributed by atoms with Gasteiger partial charge in [-0.25, -0.2) is 0 Å². The van der Waals surface area contributed by atoms with Crippen LogP contribution in [-0.4, -0.2) is 41.1 Å². The van der Waals surface area contributed by atoms with Gasteiger partial charge in [0.05, 0.1) is 12.0 Å². The molecule has 0 spiro atoms. The van der Waals surface area contributed by atoms with E-state index in [0.29, 0.717) is 18.2 Å². The van der Waals surface area contributed by atoms with Crippen LogP contribution in [0.15, 0.2) is 24.3 Å². The predicted octanol–water partition coefficient (Wildman–Crippen LogP) is 2.41. The third kappa shape index (κ3) is 2.93. The summed E-state index contributed by atoms with van der Waals surface area (Å²) in [5, 5.41) is 9.15. The Balaban J connectivity index is 1.63. The molecule has 0 bridgehead atoms. The molecular weight excluding hydrogens is 282 g/mol. The largest absolute Gasteiger partial charge is 0.490 e. The second kappa shape index (κ2) is 5.99. The van der Waals surface area contributed by atoms with Gasteiger partial charge in [0.2, 0.25) is 0 Å². The molecule has 2 fully saturated rings. The summed E-state index contributed by atoms with van der Waals surface area (Å²) in [7, 11) is 0. The van der Waals surface area contributed by atoms with Crippen molar-refractivity contribution in [3.63, 3.8) is 0 Å². The summed E-state index contributed by atoms with van der Waals surface area (Å²) in [5.41, 5.74) is 0.583. The van der Waals surface area contributed by atoms with Crippen LogP contribution < -0.4 is 4.74 Å². The lowest BCUT2D eigenvalue weighted by Gasteiger charge is -2.26. The van der Waals surface area contributed by atoms with E-state index < -0.39 is 11.9 Å². The maximum atomic E-state index is 12.5. The molecule has 2 atom stereocenters. The van der Waals surface area contributed by atoms with Crippen LogP contribution in [0.5, 0.6) is 5.75 Å². The van der Waals surface area contributed by atoms with Crippen LogP contribution in [0, 0.1) is 11.8 Å². The van der Waals surface area contributed by atoms with Gasteiger partial charge in [-0.05, 0) is 49.4 Å². The Labute approximate surface area is 129 Å². The maximum Gasteiger partial charge on any atom is 0.308 e. The van der Waals surface area contributed by atoms with Crippen molar-refractivity contribution in [1.82, 2.24) is 4.90 Å². The van der Waals surface area contributed by atoms with Gasteiger partial charge in [0, 0.05) is 18.7 Å². The van der Waals surface area contributed by atoms with E-state index in [2.05, 4.69) is 0 Å². The Morgan fingerprint density at radius 1 is 1.18 bits per heavy atom. The highest BCUT2D eigenvalue weighted by atomic mass is 16.5. The molecule has 1 N–H and O–H groups in total. The van der Waals surface area contributed by atoms with Gasteiger partial charge in [-0.15, -0.1) is 0 Å². The molecule has 118 valence electrons. The molecule has 5 heteroatoms. The predicted molar refractivity (Wildman–Crippen MR) is 80.9 cm³/mol. The molecule has 0 unspecified atom stereocenters. The molecule has 1 saturated carbocycles. The summed E-state index contributed by atoms with van der Waals surface area (Å²) in [6.07, 6.45) is 3.74. The number of ether oxygens (including phenoxy) is 1. The summed E-state index contributed by atoms with van der Waals surface area (Å²) in [6, 6.07) is 7.16. The van der Waals surface area contributed by atoms with Crippen LogP contribution >= 0.6 is 0 Å². The van der Waals surface area contributed by atoms with Gasteiger partial charge in [-0.3, -0.25) is 9.59 Å². The molecule has 1 aromatic carbocycles. The number of carbonyl (C=O) groups is 2. The molecule has 2 aliphatic rings. The minimum absolute atomic E-state index is 0.0114. The van der Waals surface area contributed by atoms with Crippen molar-refractivity contribution in [3.8, 4) is 5.75 Å². The van der Waals surface area contributed by atoms with E-state index in [-0.39, 0.29) is 18.4 Å². The third-order valence-corrected chi connectivity index (χ3v) is 4.67. The minimum atomic E-state index is -0.827. The lowest BCUT2D eigenvalue weighted by atomic mass is 9.96. The van der Waals surface area contributed by atoms with Crippen LogP contribution in [0.1, 0.15) is 36.5 Å². The molecule has 5 nitrogen and oxygen atoms in total. The van der Waals surface area contributed by atoms with Gasteiger partial charge in [0.15, 0.2) is 0 Å². The van der Waals surface area contributed by atoms with Crippen molar-refractivity contribution in [2.75, 3.05) is 13.1 Å². The number of carboxylic acids is 1. The van der Waals surface area contributed by atoms with E-state index in [1.807, 2.05) is 19.1 Å². The minimum Gasteiger partial charge on any atom is -0.490 e. The van der Waals surface area contributed by atoms with Crippen molar-refractivity contribution in [2.45, 2.75) is 32.3 Å². The fourth-order valence-electron chi connectivity index (χ4n) is 2.99. The number of carbonyl (C=O) groups excluding carboxylic acids is 1. The monoisotopic (exact) mass is 303 g/mol. The molecule has 1 aromatic rings. The molecule has 3 rings (SSSR count). The highest BCUT2D eigenvalue weighted by molar-refractivity contribution is 5.95. The lowest BCUT2D eigenvalue weighted by Crippen LogP contribution is -2.30. The highest BCUT2D eigenvalue weighted by Gasteiger charge is 2.37. The van der Waals surface area contributed by atoms with Gasteiger partial charge in [0.1, 0.15) is 5.75 Å². The molecule has 1 saturated heterocycles. The van der Waals surface area contributed by atoms with Gasteiger partial charge >= 0.3 is 5.97 Å². The quantitative estimate of drug-likeness (QED) is 0.927. The van der Waals surface area contributed by atoms with Gasteiger partial charge < -0.3 is 14.7 Å². The average molecular weight is 303 g/mol. The van der Waals surface area contributed by atoms with Crippen molar-refractivity contribution in [2.24, 2.45) is 11.8 Å². The summed E-state index contributed by atoms with van der Waals surface area (Å²) in [6.45, 7) is 2.66. The molecule has 0 aromatic heterocycles. The highest BCUT2D eigenvalue weighted by Crippen LogP contribution is 2.27. The zero-order valence-corrected chi connectivity index (χ0v) is 12.7. The lowest BCUT2D eigenvalue weighted by molar-refractivity contribution is -0.142. The van der Waals surface area contributed by atoms with Gasteiger partial charge in [0.25, 0.3) is 5.91 Å². The van der Waals surface area contributed by atoms with E-state index in [4.69, 9.17) is 9.84 Å². The Morgan fingerprint density at radius 3 is 2.36 bits per heavy atom. The number of carboxylic acid groups (broad SMARTS) is 1. The summed E-state index contributed by atoms with van der Waals surface area (Å²) >= 11 is 0. The Morgan fingerprint density at radius 2 is 1.86 bits per heavy atom. The number of aliphatic carboxylic acids is 1. The molecule has 1 aliphatic heterocycles. The van der Waals surface area contributed by atoms with Crippen molar-refractivity contribution in [1.29, 1.82) is 0 Å². The molecule has 1 heterocycles. The molecule has 1 aliphatic carbocycles. The second-order valence-corrected chi connectivity index (χ2v) is 6.33. The second-order valence-electron chi connectivity index (χ2n) is 6.33. The van der Waals surface area contributed by atoms with E-state index in [9.17, 15) is 9.59 Å². The number of hydrogen-bond acceptors (Lipinski definition) is 3. The first-order valence-electron chi connectivity index (χ1n) is 7.83. The SMILES string of the molecule is C[C@@H]1CN(C(=O)c2ccc(OC3CCC3)cc2)C[C@H]1C(=O)O. The van der Waals surface area contributed by atoms with Gasteiger partial charge in [-0.2, -0.15) is 0 Å². The van der Waals surface area contributed by atoms with Crippen LogP contribution in [0.3, 0.4) is 0 Å². The first-order valence-corrected chi connectivity index (χ1v) is 7.83. The summed E-state index contributed by atoms with van der Waals surface area (Å²) in [4.78, 5) is 25.2. The zero-order chi connectivity index (χ0) is 15.7. The van der Waals surface area contributed by atoms with Crippen LogP contribution in [0.2, 0.25) is 0 Å². The molecule has 22 heavy (non-hydrogen) atoms. The fourth-order valence-corrected chi connectivity index (χ4v) is 2.99. The van der Waals surface area contributed by atoms with Crippen molar-refractivity contribution < 1.29 is 19.4 Å². The third-order valence-electron chi connectivity index (χ3n) is 4.67. The van der Waals surface area contributed by atoms with Crippen LogP contribution in [0.25, 0.3) is 0 Å². The number of likely N-dealkylation sites (tertiary alicyclic amines) is 1. The van der Waals surface area contributed by atoms with Crippen molar-refractivity contribution >= 4 is 11.9 Å². The number of benzene rings is 1. The molecule has 0 radical (unpaired) electrons. The van der Waals surface area contributed by atoms with Crippen LogP contribution in [-0.2, 0) is 4.79 Å². The molecule has 1 amide bonds. The number of hydrogen-bond donors (Lipinski definition) is 1. The first kappa shape index (κ1) is 14.9. The standard InChI is InChI=1S/C17H21NO4/c1-11-9-18(10-15(11)17(20)21)16(19)12-5-7-14(8-6-12)22-13-3-2-4-13/h5-8,11,13,15H,2-4,9-10H2,1H3,(H,20,21)/t11-,15-/m1/s1.